The molecule has 6 heteroatoms. The monoisotopic (exact) mass is 340 g/mol. The van der Waals surface area contributed by atoms with Crippen molar-refractivity contribution in [2.24, 2.45) is 0 Å². The predicted molar refractivity (Wildman–Crippen MR) is 89.5 cm³/mol. The van der Waals surface area contributed by atoms with E-state index in [-0.39, 0.29) is 25.2 Å². The van der Waals surface area contributed by atoms with Crippen LogP contribution in [0.2, 0.25) is 0 Å². The van der Waals surface area contributed by atoms with Crippen molar-refractivity contribution in [2.75, 3.05) is 39.6 Å². The third kappa shape index (κ3) is 12.8. The zero-order valence-corrected chi connectivity index (χ0v) is 14.2. The van der Waals surface area contributed by atoms with Gasteiger partial charge in [-0.15, -0.1) is 0 Å². The van der Waals surface area contributed by atoms with Crippen LogP contribution in [0.25, 0.3) is 0 Å². The number of cyclic esters (lactones) is 2. The first-order valence-electron chi connectivity index (χ1n) is 8.61. The van der Waals surface area contributed by atoms with Gasteiger partial charge in [0.25, 0.3) is 0 Å². The number of allylic oxidation sites excluding steroid dienone is 2. The first-order chi connectivity index (χ1) is 11.8. The molecule has 0 saturated carbocycles. The van der Waals surface area contributed by atoms with Crippen LogP contribution in [0, 0.1) is 0 Å². The largest absolute Gasteiger partial charge is 0.460 e. The van der Waals surface area contributed by atoms with Crippen LogP contribution in [-0.2, 0) is 28.5 Å². The van der Waals surface area contributed by atoms with Gasteiger partial charge in [0.15, 0.2) is 0 Å². The lowest BCUT2D eigenvalue weighted by Gasteiger charge is -2.06. The van der Waals surface area contributed by atoms with E-state index in [4.69, 9.17) is 18.9 Å². The zero-order valence-electron chi connectivity index (χ0n) is 14.2. The molecule has 1 aliphatic rings. The smallest absolute Gasteiger partial charge is 0.330 e. The molecule has 24 heavy (non-hydrogen) atoms. The van der Waals surface area contributed by atoms with Crippen molar-refractivity contribution in [1.29, 1.82) is 0 Å². The van der Waals surface area contributed by atoms with E-state index in [0.29, 0.717) is 26.4 Å². The second kappa shape index (κ2) is 14.9. The summed E-state index contributed by atoms with van der Waals surface area (Å²) in [5.41, 5.74) is 0. The molecule has 0 bridgehead atoms. The van der Waals surface area contributed by atoms with Gasteiger partial charge in [-0.05, 0) is 25.7 Å². The molecule has 0 aliphatic carbocycles. The Balaban J connectivity index is 2.26. The molecule has 0 N–H and O–H groups in total. The standard InChI is InChI=1S/C18H28O6/c19-17-9-7-5-3-1-2-4-6-8-10-18(20)24-16-14-22-12-11-21-13-15-23-17/h7-10H,1-6,11-16H2. The molecule has 1 heterocycles. The molecule has 1 rings (SSSR count). The first kappa shape index (κ1) is 20.4. The van der Waals surface area contributed by atoms with Crippen LogP contribution in [0.15, 0.2) is 24.3 Å². The Labute approximate surface area is 143 Å². The van der Waals surface area contributed by atoms with E-state index in [0.717, 1.165) is 38.5 Å². The van der Waals surface area contributed by atoms with E-state index in [1.54, 1.807) is 0 Å². The summed E-state index contributed by atoms with van der Waals surface area (Å²) in [6, 6.07) is 0. The number of rotatable bonds is 0. The number of carbonyl (C=O) groups excluding carboxylic acids is 2. The Bertz CT molecular complexity index is 364. The Morgan fingerprint density at radius 2 is 1.00 bits per heavy atom. The second-order valence-electron chi connectivity index (χ2n) is 5.36. The molecule has 0 aromatic heterocycles. The van der Waals surface area contributed by atoms with Crippen molar-refractivity contribution in [3.63, 3.8) is 0 Å². The van der Waals surface area contributed by atoms with Gasteiger partial charge in [0.2, 0.25) is 0 Å². The van der Waals surface area contributed by atoms with Crippen molar-refractivity contribution >= 4 is 11.9 Å². The van der Waals surface area contributed by atoms with Gasteiger partial charge in [-0.25, -0.2) is 9.59 Å². The van der Waals surface area contributed by atoms with Crippen LogP contribution in [-0.4, -0.2) is 51.6 Å². The van der Waals surface area contributed by atoms with Crippen LogP contribution < -0.4 is 0 Å². The quantitative estimate of drug-likeness (QED) is 0.631. The SMILES string of the molecule is O=C1C=CCCCCCCC=CC(=O)OCCOCCOCCO1. The Morgan fingerprint density at radius 3 is 1.46 bits per heavy atom. The van der Waals surface area contributed by atoms with Gasteiger partial charge in [0.1, 0.15) is 13.2 Å². The molecule has 0 aromatic carbocycles. The van der Waals surface area contributed by atoms with Gasteiger partial charge >= 0.3 is 11.9 Å². The lowest BCUT2D eigenvalue weighted by atomic mass is 10.1. The minimum Gasteiger partial charge on any atom is -0.460 e. The maximum Gasteiger partial charge on any atom is 0.330 e. The van der Waals surface area contributed by atoms with E-state index in [1.807, 2.05) is 12.2 Å². The van der Waals surface area contributed by atoms with Gasteiger partial charge in [-0.2, -0.15) is 0 Å². The average molecular weight is 340 g/mol. The summed E-state index contributed by atoms with van der Waals surface area (Å²) >= 11 is 0. The van der Waals surface area contributed by atoms with E-state index >= 15 is 0 Å². The molecule has 6 nitrogen and oxygen atoms in total. The lowest BCUT2D eigenvalue weighted by molar-refractivity contribution is -0.141. The summed E-state index contributed by atoms with van der Waals surface area (Å²) < 4.78 is 20.6. The second-order valence-corrected chi connectivity index (χ2v) is 5.36. The van der Waals surface area contributed by atoms with Crippen molar-refractivity contribution in [3.8, 4) is 0 Å². The number of hydrogen-bond donors (Lipinski definition) is 0. The van der Waals surface area contributed by atoms with Crippen molar-refractivity contribution in [2.45, 2.75) is 38.5 Å². The molecule has 0 amide bonds. The molecule has 1 aliphatic heterocycles. The molecule has 0 saturated heterocycles. The normalized spacial score (nSPS) is 21.2. The van der Waals surface area contributed by atoms with E-state index < -0.39 is 0 Å². The van der Waals surface area contributed by atoms with Crippen molar-refractivity contribution < 1.29 is 28.5 Å². The molecular formula is C18H28O6. The average Bonchev–Trinajstić information content (AvgIpc) is 2.57. The molecule has 0 atom stereocenters. The maximum absolute atomic E-state index is 11.4. The summed E-state index contributed by atoms with van der Waals surface area (Å²) in [6.45, 7) is 1.94. The minimum atomic E-state index is -0.330. The highest BCUT2D eigenvalue weighted by atomic mass is 16.6. The lowest BCUT2D eigenvalue weighted by Crippen LogP contribution is -2.14. The number of carbonyl (C=O) groups is 2. The fourth-order valence-electron chi connectivity index (χ4n) is 2.06. The van der Waals surface area contributed by atoms with Gasteiger partial charge in [-0.3, -0.25) is 0 Å². The van der Waals surface area contributed by atoms with Crippen LogP contribution in [0.4, 0.5) is 0 Å². The molecule has 0 fully saturated rings. The Morgan fingerprint density at radius 1 is 0.583 bits per heavy atom. The van der Waals surface area contributed by atoms with Crippen LogP contribution in [0.1, 0.15) is 38.5 Å². The predicted octanol–water partition coefficient (Wildman–Crippen LogP) is 2.57. The van der Waals surface area contributed by atoms with Crippen molar-refractivity contribution in [1.82, 2.24) is 0 Å². The molecule has 0 spiro atoms. The Hall–Kier alpha value is -1.66. The van der Waals surface area contributed by atoms with Gasteiger partial charge in [0.05, 0.1) is 26.4 Å². The van der Waals surface area contributed by atoms with Gasteiger partial charge < -0.3 is 18.9 Å². The third-order valence-electron chi connectivity index (χ3n) is 3.32. The minimum absolute atomic E-state index is 0.229. The number of hydrogen-bond acceptors (Lipinski definition) is 6. The summed E-state index contributed by atoms with van der Waals surface area (Å²) in [4.78, 5) is 22.8. The number of esters is 2. The maximum atomic E-state index is 11.4. The molecule has 0 unspecified atom stereocenters. The fourth-order valence-corrected chi connectivity index (χ4v) is 2.06. The molecule has 0 radical (unpaired) electrons. The summed E-state index contributed by atoms with van der Waals surface area (Å²) in [7, 11) is 0. The highest BCUT2D eigenvalue weighted by Gasteiger charge is 1.99. The van der Waals surface area contributed by atoms with Crippen LogP contribution in [0.5, 0.6) is 0 Å². The van der Waals surface area contributed by atoms with E-state index in [1.165, 1.54) is 12.2 Å². The summed E-state index contributed by atoms with van der Waals surface area (Å²) in [5.74, 6) is -0.659. The summed E-state index contributed by atoms with van der Waals surface area (Å²) in [5, 5.41) is 0. The topological polar surface area (TPSA) is 71.1 Å². The van der Waals surface area contributed by atoms with Gasteiger partial charge in [0, 0.05) is 12.2 Å². The third-order valence-corrected chi connectivity index (χ3v) is 3.32. The fraction of sp³-hybridized carbons (Fsp3) is 0.667. The van der Waals surface area contributed by atoms with Crippen molar-refractivity contribution in [3.05, 3.63) is 24.3 Å². The van der Waals surface area contributed by atoms with E-state index in [2.05, 4.69) is 0 Å². The highest BCUT2D eigenvalue weighted by Crippen LogP contribution is 2.06. The first-order valence-corrected chi connectivity index (χ1v) is 8.61. The molecular weight excluding hydrogens is 312 g/mol. The highest BCUT2D eigenvalue weighted by molar-refractivity contribution is 5.82. The Kier molecular flexibility index (Phi) is 12.7. The van der Waals surface area contributed by atoms with Crippen LogP contribution >= 0.6 is 0 Å². The molecule has 0 aromatic rings. The van der Waals surface area contributed by atoms with Crippen LogP contribution in [0.3, 0.4) is 0 Å². The van der Waals surface area contributed by atoms with E-state index in [9.17, 15) is 9.59 Å². The zero-order chi connectivity index (χ0) is 17.3. The van der Waals surface area contributed by atoms with Gasteiger partial charge in [-0.1, -0.05) is 25.0 Å². The summed E-state index contributed by atoms with van der Waals surface area (Å²) in [6.07, 6.45) is 12.7. The number of ether oxygens (including phenoxy) is 4. The molecule has 136 valence electrons.